The summed E-state index contributed by atoms with van der Waals surface area (Å²) in [6.45, 7) is 1.80. The third kappa shape index (κ3) is 3.75. The average molecular weight is 396 g/mol. The Morgan fingerprint density at radius 2 is 1.68 bits per heavy atom. The van der Waals surface area contributed by atoms with E-state index in [1.54, 1.807) is 61.3 Å². The molecular formula is C21H20N2O4S. The lowest BCUT2D eigenvalue weighted by Gasteiger charge is -2.35. The van der Waals surface area contributed by atoms with Gasteiger partial charge in [-0.05, 0) is 37.3 Å². The number of para-hydroxylation sites is 1. The Balaban J connectivity index is 2.02. The van der Waals surface area contributed by atoms with E-state index < -0.39 is 18.0 Å². The zero-order valence-electron chi connectivity index (χ0n) is 15.8. The maximum absolute atomic E-state index is 12.5. The molecule has 1 unspecified atom stereocenters. The molecule has 144 valence electrons. The quantitative estimate of drug-likeness (QED) is 0.483. The lowest BCUT2D eigenvalue weighted by molar-refractivity contribution is -0.136. The third-order valence-corrected chi connectivity index (χ3v) is 4.99. The molecule has 0 saturated heterocycles. The highest BCUT2D eigenvalue weighted by atomic mass is 32.1. The summed E-state index contributed by atoms with van der Waals surface area (Å²) in [5.74, 6) is -0.618. The minimum atomic E-state index is -0.601. The van der Waals surface area contributed by atoms with Gasteiger partial charge in [-0.2, -0.15) is 0 Å². The molecule has 0 amide bonds. The van der Waals surface area contributed by atoms with Gasteiger partial charge < -0.3 is 19.7 Å². The number of rotatable bonds is 4. The maximum Gasteiger partial charge on any atom is 0.343 e. The predicted molar refractivity (Wildman–Crippen MR) is 109 cm³/mol. The van der Waals surface area contributed by atoms with Gasteiger partial charge in [0.15, 0.2) is 5.11 Å². The smallest absolute Gasteiger partial charge is 0.343 e. The zero-order valence-corrected chi connectivity index (χ0v) is 16.6. The van der Waals surface area contributed by atoms with Crippen molar-refractivity contribution in [2.45, 2.75) is 13.0 Å². The Morgan fingerprint density at radius 3 is 2.36 bits per heavy atom. The molecule has 1 aliphatic rings. The molecule has 28 heavy (non-hydrogen) atoms. The van der Waals surface area contributed by atoms with Crippen molar-refractivity contribution in [1.82, 2.24) is 10.2 Å². The van der Waals surface area contributed by atoms with E-state index in [0.29, 0.717) is 33.3 Å². The maximum atomic E-state index is 12.5. The Bertz CT molecular complexity index is 956. The van der Waals surface area contributed by atoms with Gasteiger partial charge in [0.05, 0.1) is 24.3 Å². The average Bonchev–Trinajstić information content (AvgIpc) is 2.72. The minimum absolute atomic E-state index is 0.343. The van der Waals surface area contributed by atoms with Gasteiger partial charge in [-0.1, -0.05) is 36.4 Å². The highest BCUT2D eigenvalue weighted by Crippen LogP contribution is 2.35. The van der Waals surface area contributed by atoms with Crippen molar-refractivity contribution >= 4 is 29.3 Å². The fraction of sp³-hybridized carbons (Fsp3) is 0.190. The van der Waals surface area contributed by atoms with Crippen LogP contribution in [0.5, 0.6) is 5.75 Å². The van der Waals surface area contributed by atoms with Crippen LogP contribution < -0.4 is 10.1 Å². The fourth-order valence-electron chi connectivity index (χ4n) is 2.99. The minimum Gasteiger partial charge on any atom is -0.466 e. The summed E-state index contributed by atoms with van der Waals surface area (Å²) < 4.78 is 10.6. The fourth-order valence-corrected chi connectivity index (χ4v) is 3.24. The van der Waals surface area contributed by atoms with Gasteiger partial charge in [-0.15, -0.1) is 0 Å². The Labute approximate surface area is 168 Å². The number of methoxy groups -OCH3 is 1. The van der Waals surface area contributed by atoms with Crippen molar-refractivity contribution in [3.63, 3.8) is 0 Å². The number of carbonyl (C=O) groups is 2. The van der Waals surface area contributed by atoms with Gasteiger partial charge in [0.2, 0.25) is 0 Å². The number of allylic oxidation sites excluding steroid dienone is 1. The van der Waals surface area contributed by atoms with E-state index in [4.69, 9.17) is 21.7 Å². The van der Waals surface area contributed by atoms with E-state index in [1.165, 1.54) is 7.11 Å². The van der Waals surface area contributed by atoms with E-state index in [-0.39, 0.29) is 0 Å². The SMILES string of the molecule is COC(=O)C1=C(C)N(C)C(=S)NC1c1ccccc1OC(=O)c1ccccc1. The molecule has 0 fully saturated rings. The van der Waals surface area contributed by atoms with Crippen molar-refractivity contribution in [3.05, 3.63) is 77.0 Å². The summed E-state index contributed by atoms with van der Waals surface area (Å²) in [4.78, 5) is 26.7. The Morgan fingerprint density at radius 1 is 1.04 bits per heavy atom. The van der Waals surface area contributed by atoms with Gasteiger partial charge in [0.25, 0.3) is 0 Å². The number of ether oxygens (including phenoxy) is 2. The second-order valence-corrected chi connectivity index (χ2v) is 6.61. The summed E-state index contributed by atoms with van der Waals surface area (Å²) in [5.41, 5.74) is 2.12. The number of nitrogens with one attached hydrogen (secondary N) is 1. The number of hydrogen-bond donors (Lipinski definition) is 1. The number of nitrogens with zero attached hydrogens (tertiary/aromatic N) is 1. The highest BCUT2D eigenvalue weighted by molar-refractivity contribution is 7.80. The molecule has 0 aromatic heterocycles. The lowest BCUT2D eigenvalue weighted by atomic mass is 9.94. The van der Waals surface area contributed by atoms with E-state index in [1.807, 2.05) is 12.1 Å². The topological polar surface area (TPSA) is 67.9 Å². The molecule has 0 bridgehead atoms. The number of carbonyl (C=O) groups excluding carboxylic acids is 2. The zero-order chi connectivity index (χ0) is 20.3. The largest absolute Gasteiger partial charge is 0.466 e. The second-order valence-electron chi connectivity index (χ2n) is 6.23. The number of thiocarbonyl (C=S) groups is 1. The van der Waals surface area contributed by atoms with Gasteiger partial charge in [0, 0.05) is 18.3 Å². The van der Waals surface area contributed by atoms with Crippen molar-refractivity contribution in [2.24, 2.45) is 0 Å². The van der Waals surface area contributed by atoms with Gasteiger partial charge >= 0.3 is 11.9 Å². The van der Waals surface area contributed by atoms with Gasteiger partial charge in [0.1, 0.15) is 5.75 Å². The summed E-state index contributed by atoms with van der Waals surface area (Å²) in [5, 5.41) is 3.60. The summed E-state index contributed by atoms with van der Waals surface area (Å²) in [6.07, 6.45) is 0. The van der Waals surface area contributed by atoms with Crippen LogP contribution >= 0.6 is 12.2 Å². The molecule has 2 aromatic carbocycles. The van der Waals surface area contributed by atoms with Crippen LogP contribution in [-0.4, -0.2) is 36.1 Å². The lowest BCUT2D eigenvalue weighted by Crippen LogP contribution is -2.46. The van der Waals surface area contributed by atoms with Gasteiger partial charge in [-0.3, -0.25) is 0 Å². The molecule has 1 N–H and O–H groups in total. The van der Waals surface area contributed by atoms with Gasteiger partial charge in [-0.25, -0.2) is 9.59 Å². The molecule has 2 aromatic rings. The third-order valence-electron chi connectivity index (χ3n) is 4.60. The van der Waals surface area contributed by atoms with Crippen molar-refractivity contribution in [2.75, 3.05) is 14.2 Å². The van der Waals surface area contributed by atoms with Crippen LogP contribution in [0.1, 0.15) is 28.9 Å². The first-order valence-electron chi connectivity index (χ1n) is 8.63. The molecule has 0 saturated carbocycles. The molecule has 7 heteroatoms. The number of benzene rings is 2. The Hall–Kier alpha value is -3.19. The molecule has 0 spiro atoms. The first-order chi connectivity index (χ1) is 13.4. The molecule has 1 aliphatic heterocycles. The van der Waals surface area contributed by atoms with Crippen LogP contribution in [0.25, 0.3) is 0 Å². The van der Waals surface area contributed by atoms with Crippen LogP contribution in [0, 0.1) is 0 Å². The van der Waals surface area contributed by atoms with E-state index in [0.717, 1.165) is 0 Å². The molecule has 0 radical (unpaired) electrons. The monoisotopic (exact) mass is 396 g/mol. The standard InChI is InChI=1S/C21H20N2O4S/c1-13-17(20(25)26-3)18(22-21(28)23(13)2)15-11-7-8-12-16(15)27-19(24)14-9-5-4-6-10-14/h4-12,18H,1-3H3,(H,22,28). The molecule has 6 nitrogen and oxygen atoms in total. The van der Waals surface area contributed by atoms with Crippen LogP contribution in [0.2, 0.25) is 0 Å². The number of esters is 2. The van der Waals surface area contributed by atoms with Crippen LogP contribution in [-0.2, 0) is 9.53 Å². The molecule has 1 heterocycles. The summed E-state index contributed by atoms with van der Waals surface area (Å²) in [6, 6.07) is 15.2. The first kappa shape index (κ1) is 19.6. The molecular weight excluding hydrogens is 376 g/mol. The van der Waals surface area contributed by atoms with E-state index in [9.17, 15) is 9.59 Å². The van der Waals surface area contributed by atoms with Crippen molar-refractivity contribution < 1.29 is 19.1 Å². The molecule has 3 rings (SSSR count). The van der Waals surface area contributed by atoms with E-state index >= 15 is 0 Å². The van der Waals surface area contributed by atoms with Crippen molar-refractivity contribution in [3.8, 4) is 5.75 Å². The van der Waals surface area contributed by atoms with Crippen LogP contribution in [0.4, 0.5) is 0 Å². The molecule has 0 aliphatic carbocycles. The Kier molecular flexibility index (Phi) is 5.75. The highest BCUT2D eigenvalue weighted by Gasteiger charge is 2.34. The first-order valence-corrected chi connectivity index (χ1v) is 9.04. The van der Waals surface area contributed by atoms with Crippen LogP contribution in [0.3, 0.4) is 0 Å². The predicted octanol–water partition coefficient (Wildman–Crippen LogP) is 3.21. The van der Waals surface area contributed by atoms with Crippen molar-refractivity contribution in [1.29, 1.82) is 0 Å². The second kappa shape index (κ2) is 8.22. The number of hydrogen-bond acceptors (Lipinski definition) is 5. The summed E-state index contributed by atoms with van der Waals surface area (Å²) >= 11 is 5.39. The molecule has 1 atom stereocenters. The van der Waals surface area contributed by atoms with E-state index in [2.05, 4.69) is 5.32 Å². The summed E-state index contributed by atoms with van der Waals surface area (Å²) in [7, 11) is 3.10. The van der Waals surface area contributed by atoms with Crippen LogP contribution in [0.15, 0.2) is 65.9 Å². The normalized spacial score (nSPS) is 16.5.